The maximum absolute atomic E-state index is 12.5. The smallest absolute Gasteiger partial charge is 0.230 e. The van der Waals surface area contributed by atoms with Gasteiger partial charge >= 0.3 is 0 Å². The van der Waals surface area contributed by atoms with Gasteiger partial charge in [-0.25, -0.2) is 4.98 Å². The second kappa shape index (κ2) is 7.99. The van der Waals surface area contributed by atoms with Crippen LogP contribution in [0, 0.1) is 20.8 Å². The van der Waals surface area contributed by atoms with E-state index in [1.807, 2.05) is 19.1 Å². The molecule has 3 aromatic rings. The highest BCUT2D eigenvalue weighted by atomic mass is 32.1. The molecule has 1 amide bonds. The highest BCUT2D eigenvalue weighted by Gasteiger charge is 2.22. The van der Waals surface area contributed by atoms with Crippen LogP contribution in [0.4, 0.5) is 16.5 Å². The van der Waals surface area contributed by atoms with Crippen molar-refractivity contribution in [3.8, 4) is 0 Å². The number of carbonyl (C=O) groups excluding carboxylic acids is 1. The Balaban J connectivity index is 1.60. The Morgan fingerprint density at radius 2 is 1.90 bits per heavy atom. The van der Waals surface area contributed by atoms with Crippen molar-refractivity contribution in [2.24, 2.45) is 0 Å². The lowest BCUT2D eigenvalue weighted by Gasteiger charge is -2.31. The van der Waals surface area contributed by atoms with Gasteiger partial charge in [-0.1, -0.05) is 35.4 Å². The monoisotopic (exact) mass is 405 g/mol. The Bertz CT molecular complexity index is 1060. The molecule has 1 aromatic heterocycles. The molecule has 4 nitrogen and oxygen atoms in total. The van der Waals surface area contributed by atoms with Crippen LogP contribution >= 0.6 is 11.3 Å². The number of thiazole rings is 1. The Morgan fingerprint density at radius 1 is 1.14 bits per heavy atom. The molecule has 0 unspecified atom stereocenters. The standard InChI is InChI=1S/C24H27N3OS/c1-16-7-9-22(18(3)12-16)27(19(4)28)24-25-21(15-29-24)14-26-11-5-6-20-13-17(2)8-10-23(20)26/h7-10,12-13,15H,5-6,11,14H2,1-4H3. The van der Waals surface area contributed by atoms with E-state index >= 15 is 0 Å². The molecule has 4 rings (SSSR count). The molecule has 5 heteroatoms. The maximum atomic E-state index is 12.5. The van der Waals surface area contributed by atoms with Crippen LogP contribution in [-0.2, 0) is 17.8 Å². The lowest BCUT2D eigenvalue weighted by molar-refractivity contribution is -0.115. The fourth-order valence-corrected chi connectivity index (χ4v) is 4.97. The fraction of sp³-hybridized carbons (Fsp3) is 0.333. The van der Waals surface area contributed by atoms with Gasteiger partial charge in [-0.05, 0) is 56.9 Å². The van der Waals surface area contributed by atoms with Crippen molar-refractivity contribution in [1.82, 2.24) is 4.98 Å². The van der Waals surface area contributed by atoms with E-state index in [1.165, 1.54) is 33.7 Å². The summed E-state index contributed by atoms with van der Waals surface area (Å²) in [7, 11) is 0. The van der Waals surface area contributed by atoms with E-state index in [2.05, 4.69) is 48.4 Å². The SMILES string of the molecule is CC(=O)N(c1nc(CN2CCCc3cc(C)ccc32)cs1)c1ccc(C)cc1C. The van der Waals surface area contributed by atoms with Gasteiger partial charge in [-0.2, -0.15) is 0 Å². The van der Waals surface area contributed by atoms with Crippen LogP contribution < -0.4 is 9.80 Å². The summed E-state index contributed by atoms with van der Waals surface area (Å²) in [6.07, 6.45) is 2.30. The third kappa shape index (κ3) is 4.06. The van der Waals surface area contributed by atoms with Crippen molar-refractivity contribution >= 4 is 33.8 Å². The molecule has 0 saturated heterocycles. The summed E-state index contributed by atoms with van der Waals surface area (Å²) in [6.45, 7) is 9.66. The average Bonchev–Trinajstić information content (AvgIpc) is 3.11. The van der Waals surface area contributed by atoms with Crippen LogP contribution in [0.15, 0.2) is 41.8 Å². The molecule has 2 aromatic carbocycles. The van der Waals surface area contributed by atoms with Crippen LogP contribution in [0.25, 0.3) is 0 Å². The summed E-state index contributed by atoms with van der Waals surface area (Å²) in [5.41, 5.74) is 8.23. The third-order valence-corrected chi connectivity index (χ3v) is 6.32. The van der Waals surface area contributed by atoms with Gasteiger partial charge in [-0.15, -0.1) is 11.3 Å². The van der Waals surface area contributed by atoms with Crippen molar-refractivity contribution in [2.45, 2.75) is 47.1 Å². The molecule has 0 radical (unpaired) electrons. The quantitative estimate of drug-likeness (QED) is 0.558. The highest BCUT2D eigenvalue weighted by molar-refractivity contribution is 7.14. The van der Waals surface area contributed by atoms with E-state index in [0.717, 1.165) is 48.0 Å². The first-order valence-electron chi connectivity index (χ1n) is 10.1. The minimum atomic E-state index is -0.0170. The summed E-state index contributed by atoms with van der Waals surface area (Å²) >= 11 is 1.53. The van der Waals surface area contributed by atoms with Gasteiger partial charge in [-0.3, -0.25) is 9.69 Å². The molecular weight excluding hydrogens is 378 g/mol. The number of hydrogen-bond donors (Lipinski definition) is 0. The maximum Gasteiger partial charge on any atom is 0.230 e. The molecule has 0 spiro atoms. The summed E-state index contributed by atoms with van der Waals surface area (Å²) in [5, 5.41) is 2.82. The molecule has 1 aliphatic rings. The molecule has 0 fully saturated rings. The predicted molar refractivity (Wildman–Crippen MR) is 121 cm³/mol. The van der Waals surface area contributed by atoms with Crippen molar-refractivity contribution in [1.29, 1.82) is 0 Å². The molecule has 0 aliphatic carbocycles. The average molecular weight is 406 g/mol. The number of anilines is 3. The predicted octanol–water partition coefficient (Wildman–Crippen LogP) is 5.71. The minimum absolute atomic E-state index is 0.0170. The molecule has 0 saturated carbocycles. The number of amides is 1. The van der Waals surface area contributed by atoms with Gasteiger partial charge in [0.1, 0.15) is 0 Å². The third-order valence-electron chi connectivity index (χ3n) is 5.44. The number of aromatic nitrogens is 1. The Morgan fingerprint density at radius 3 is 2.66 bits per heavy atom. The Hall–Kier alpha value is -2.66. The van der Waals surface area contributed by atoms with Gasteiger partial charge in [0.25, 0.3) is 0 Å². The van der Waals surface area contributed by atoms with Crippen LogP contribution in [-0.4, -0.2) is 17.4 Å². The molecule has 0 atom stereocenters. The van der Waals surface area contributed by atoms with Crippen molar-refractivity contribution in [2.75, 3.05) is 16.3 Å². The molecular formula is C24H27N3OS. The van der Waals surface area contributed by atoms with Crippen LogP contribution in [0.2, 0.25) is 0 Å². The summed E-state index contributed by atoms with van der Waals surface area (Å²) in [5.74, 6) is -0.0170. The highest BCUT2D eigenvalue weighted by Crippen LogP contribution is 2.33. The van der Waals surface area contributed by atoms with Gasteiger partial charge < -0.3 is 4.90 Å². The number of carbonyl (C=O) groups is 1. The summed E-state index contributed by atoms with van der Waals surface area (Å²) in [4.78, 5) is 21.4. The van der Waals surface area contributed by atoms with E-state index in [0.29, 0.717) is 0 Å². The summed E-state index contributed by atoms with van der Waals surface area (Å²) < 4.78 is 0. The number of nitrogens with zero attached hydrogens (tertiary/aromatic N) is 3. The number of benzene rings is 2. The normalized spacial score (nSPS) is 13.3. The van der Waals surface area contributed by atoms with Crippen LogP contribution in [0.1, 0.15) is 41.3 Å². The van der Waals surface area contributed by atoms with E-state index in [1.54, 1.807) is 11.8 Å². The van der Waals surface area contributed by atoms with Crippen LogP contribution in [0.5, 0.6) is 0 Å². The first kappa shape index (κ1) is 19.6. The molecule has 29 heavy (non-hydrogen) atoms. The zero-order valence-corrected chi connectivity index (χ0v) is 18.3. The van der Waals surface area contributed by atoms with E-state index in [9.17, 15) is 4.79 Å². The van der Waals surface area contributed by atoms with Gasteiger partial charge in [0.15, 0.2) is 5.13 Å². The van der Waals surface area contributed by atoms with Gasteiger partial charge in [0, 0.05) is 24.5 Å². The molecule has 0 N–H and O–H groups in total. The Labute approximate surface area is 176 Å². The van der Waals surface area contributed by atoms with E-state index in [-0.39, 0.29) is 5.91 Å². The minimum Gasteiger partial charge on any atom is -0.365 e. The lowest BCUT2D eigenvalue weighted by atomic mass is 9.99. The zero-order chi connectivity index (χ0) is 20.5. The first-order valence-corrected chi connectivity index (χ1v) is 11.0. The number of fused-ring (bicyclic) bond motifs is 1. The molecule has 2 heterocycles. The fourth-order valence-electron chi connectivity index (χ4n) is 4.10. The second-order valence-electron chi connectivity index (χ2n) is 7.92. The van der Waals surface area contributed by atoms with Crippen molar-refractivity contribution in [3.63, 3.8) is 0 Å². The number of hydrogen-bond acceptors (Lipinski definition) is 4. The van der Waals surface area contributed by atoms with Crippen LogP contribution in [0.3, 0.4) is 0 Å². The topological polar surface area (TPSA) is 36.4 Å². The van der Waals surface area contributed by atoms with E-state index < -0.39 is 0 Å². The van der Waals surface area contributed by atoms with E-state index in [4.69, 9.17) is 4.98 Å². The molecule has 0 bridgehead atoms. The number of aryl methyl sites for hydroxylation is 4. The van der Waals surface area contributed by atoms with Crippen molar-refractivity contribution in [3.05, 3.63) is 69.7 Å². The first-order chi connectivity index (χ1) is 13.9. The summed E-state index contributed by atoms with van der Waals surface area (Å²) in [6, 6.07) is 12.9. The largest absolute Gasteiger partial charge is 0.365 e. The van der Waals surface area contributed by atoms with Gasteiger partial charge in [0.2, 0.25) is 5.91 Å². The molecule has 150 valence electrons. The van der Waals surface area contributed by atoms with Crippen molar-refractivity contribution < 1.29 is 4.79 Å². The zero-order valence-electron chi connectivity index (χ0n) is 17.5. The van der Waals surface area contributed by atoms with Gasteiger partial charge in [0.05, 0.1) is 17.9 Å². The Kier molecular flexibility index (Phi) is 5.41. The molecule has 1 aliphatic heterocycles. The number of rotatable bonds is 4. The second-order valence-corrected chi connectivity index (χ2v) is 8.76. The lowest BCUT2D eigenvalue weighted by Crippen LogP contribution is -2.29.